The van der Waals surface area contributed by atoms with Crippen LogP contribution in [-0.2, 0) is 14.3 Å². The summed E-state index contributed by atoms with van der Waals surface area (Å²) >= 11 is 6.74. The number of hydrogen-bond donors (Lipinski definition) is 1. The Balaban J connectivity index is 1.23. The molecule has 4 saturated heterocycles. The number of carbonyl (C=O) groups is 2. The molecule has 13 heteroatoms. The molecule has 1 N–H and O–H groups in total. The van der Waals surface area contributed by atoms with Crippen LogP contribution >= 0.6 is 11.6 Å². The first kappa shape index (κ1) is 28.8. The van der Waals surface area contributed by atoms with Crippen LogP contribution in [0.1, 0.15) is 50.0 Å². The molecule has 11 nitrogen and oxygen atoms in total. The Labute approximate surface area is 264 Å². The Kier molecular flexibility index (Phi) is 7.07. The van der Waals surface area contributed by atoms with Gasteiger partial charge in [0.25, 0.3) is 0 Å². The molecule has 1 aromatic carbocycles. The van der Waals surface area contributed by atoms with Crippen LogP contribution in [0.15, 0.2) is 18.3 Å². The molecule has 8 rings (SSSR count). The van der Waals surface area contributed by atoms with Gasteiger partial charge in [-0.2, -0.15) is 9.97 Å². The Morgan fingerprint density at radius 1 is 1.07 bits per heavy atom. The summed E-state index contributed by atoms with van der Waals surface area (Å²) in [6.45, 7) is 3.06. The lowest BCUT2D eigenvalue weighted by Crippen LogP contribution is -2.43. The summed E-state index contributed by atoms with van der Waals surface area (Å²) in [6.07, 6.45) is 7.76. The van der Waals surface area contributed by atoms with E-state index in [9.17, 15) is 9.59 Å². The van der Waals surface area contributed by atoms with Crippen LogP contribution < -0.4 is 19.7 Å². The summed E-state index contributed by atoms with van der Waals surface area (Å²) in [4.78, 5) is 43.3. The number of nitrogens with zero attached hydrogens (tertiary/aromatic N) is 5. The first-order valence-electron chi connectivity index (χ1n) is 15.6. The Bertz CT molecular complexity index is 1690. The van der Waals surface area contributed by atoms with E-state index in [1.807, 2.05) is 4.90 Å². The molecule has 236 valence electrons. The zero-order valence-electron chi connectivity index (χ0n) is 25.0. The van der Waals surface area contributed by atoms with Gasteiger partial charge in [-0.15, -0.1) is 0 Å². The predicted octanol–water partition coefficient (Wildman–Crippen LogP) is 4.06. The number of aromatic nitrogens is 3. The van der Waals surface area contributed by atoms with Gasteiger partial charge in [-0.25, -0.2) is 4.39 Å². The van der Waals surface area contributed by atoms with E-state index in [0.717, 1.165) is 57.2 Å². The van der Waals surface area contributed by atoms with Gasteiger partial charge in [0.05, 0.1) is 22.8 Å². The summed E-state index contributed by atoms with van der Waals surface area (Å²) in [7, 11) is 1.52. The fraction of sp³-hybridized carbons (Fsp3) is 0.531. The molecule has 1 saturated carbocycles. The quantitative estimate of drug-likeness (QED) is 0.272. The van der Waals surface area contributed by atoms with E-state index in [1.54, 1.807) is 18.3 Å². The first-order valence-corrected chi connectivity index (χ1v) is 16.0. The highest BCUT2D eigenvalue weighted by molar-refractivity contribution is 6.32. The SMILES string of the molecule is COCOc1cc(Cl)c(C2CC2)c(-c2ncc3c(N4CC5C(=O)NC(=O)C5C4)nc(OCC45CCCN4CCC5)nc3c2F)c1. The van der Waals surface area contributed by atoms with Crippen molar-refractivity contribution >= 4 is 40.1 Å². The average molecular weight is 637 g/mol. The number of nitrogens with one attached hydrogen (secondary N) is 1. The molecular formula is C32H34ClFN6O5. The number of amides is 2. The second-order valence-corrected chi connectivity index (χ2v) is 13.3. The van der Waals surface area contributed by atoms with Crippen LogP contribution in [0.25, 0.3) is 22.2 Å². The van der Waals surface area contributed by atoms with E-state index in [-0.39, 0.29) is 60.4 Å². The zero-order valence-corrected chi connectivity index (χ0v) is 25.7. The van der Waals surface area contributed by atoms with Crippen molar-refractivity contribution in [1.29, 1.82) is 0 Å². The van der Waals surface area contributed by atoms with Gasteiger partial charge in [-0.1, -0.05) is 11.6 Å². The molecule has 0 radical (unpaired) electrons. The molecule has 2 aromatic heterocycles. The second kappa shape index (κ2) is 11.0. The molecule has 2 unspecified atom stereocenters. The van der Waals surface area contributed by atoms with Crippen LogP contribution in [0.5, 0.6) is 11.8 Å². The second-order valence-electron chi connectivity index (χ2n) is 12.9. The molecule has 6 heterocycles. The third-order valence-corrected chi connectivity index (χ3v) is 10.5. The molecule has 5 fully saturated rings. The van der Waals surface area contributed by atoms with Gasteiger partial charge < -0.3 is 19.1 Å². The van der Waals surface area contributed by atoms with Crippen molar-refractivity contribution in [2.45, 2.75) is 50.0 Å². The molecule has 4 aliphatic heterocycles. The van der Waals surface area contributed by atoms with Crippen LogP contribution in [0.2, 0.25) is 5.02 Å². The van der Waals surface area contributed by atoms with Crippen LogP contribution in [-0.4, -0.2) is 83.9 Å². The Morgan fingerprint density at radius 3 is 2.49 bits per heavy atom. The lowest BCUT2D eigenvalue weighted by atomic mass is 9.95. The fourth-order valence-corrected chi connectivity index (χ4v) is 8.14. The normalized spacial score (nSPS) is 23.9. The molecule has 2 amide bonds. The number of imide groups is 1. The summed E-state index contributed by atoms with van der Waals surface area (Å²) in [5.74, 6) is -1.17. The van der Waals surface area contributed by atoms with Crippen molar-refractivity contribution in [3.8, 4) is 23.0 Å². The highest BCUT2D eigenvalue weighted by atomic mass is 35.5. The van der Waals surface area contributed by atoms with Gasteiger partial charge in [0.1, 0.15) is 29.4 Å². The number of rotatable bonds is 9. The number of hydrogen-bond acceptors (Lipinski definition) is 10. The van der Waals surface area contributed by atoms with Crippen molar-refractivity contribution in [3.63, 3.8) is 0 Å². The average Bonchev–Trinajstić information content (AvgIpc) is 3.32. The summed E-state index contributed by atoms with van der Waals surface area (Å²) in [6, 6.07) is 3.53. The minimum absolute atomic E-state index is 0.0146. The number of methoxy groups -OCH3 is 1. The molecule has 5 aliphatic rings. The minimum Gasteiger partial charge on any atom is -0.467 e. The van der Waals surface area contributed by atoms with Gasteiger partial charge in [0, 0.05) is 37.0 Å². The minimum atomic E-state index is -0.627. The maximum Gasteiger partial charge on any atom is 0.319 e. The predicted molar refractivity (Wildman–Crippen MR) is 163 cm³/mol. The first-order chi connectivity index (χ1) is 21.8. The lowest BCUT2D eigenvalue weighted by molar-refractivity contribution is -0.126. The van der Waals surface area contributed by atoms with E-state index < -0.39 is 17.7 Å². The molecule has 2 atom stereocenters. The topological polar surface area (TPSA) is 119 Å². The van der Waals surface area contributed by atoms with Gasteiger partial charge >= 0.3 is 6.01 Å². The van der Waals surface area contributed by atoms with E-state index in [1.165, 1.54) is 7.11 Å². The number of pyridine rings is 1. The standard InChI is InChI=1S/C32H34ClFN6O5/c1-43-16-45-18-10-19(24(17-4-5-17)23(33)11-18)26-25(34)27-20(12-35-26)28(39-13-21-22(14-39)30(42)38-29(21)41)37-31(36-27)44-15-32-6-2-8-40(32)9-3-7-32/h10-12,17,21-22H,2-9,13-16H2,1H3,(H,38,41,42). The molecule has 3 aromatic rings. The number of benzene rings is 1. The van der Waals surface area contributed by atoms with E-state index in [4.69, 9.17) is 30.8 Å². The molecular weight excluding hydrogens is 603 g/mol. The number of halogens is 2. The smallest absolute Gasteiger partial charge is 0.319 e. The van der Waals surface area contributed by atoms with Gasteiger partial charge in [-0.3, -0.25) is 24.8 Å². The van der Waals surface area contributed by atoms with Crippen molar-refractivity contribution in [2.24, 2.45) is 11.8 Å². The van der Waals surface area contributed by atoms with Crippen LogP contribution in [0.4, 0.5) is 10.2 Å². The summed E-state index contributed by atoms with van der Waals surface area (Å²) in [5, 5.41) is 3.28. The zero-order chi connectivity index (χ0) is 30.9. The van der Waals surface area contributed by atoms with Crippen LogP contribution in [0, 0.1) is 17.7 Å². The van der Waals surface area contributed by atoms with E-state index in [0.29, 0.717) is 34.1 Å². The van der Waals surface area contributed by atoms with Gasteiger partial charge in [0.2, 0.25) is 11.8 Å². The molecule has 0 bridgehead atoms. The molecule has 0 spiro atoms. The molecule has 1 aliphatic carbocycles. The van der Waals surface area contributed by atoms with Crippen molar-refractivity contribution in [2.75, 3.05) is 51.6 Å². The number of anilines is 1. The monoisotopic (exact) mass is 636 g/mol. The highest BCUT2D eigenvalue weighted by Gasteiger charge is 2.49. The number of carbonyl (C=O) groups excluding carboxylic acids is 2. The summed E-state index contributed by atoms with van der Waals surface area (Å²) in [5.41, 5.74) is 1.47. The Hall–Kier alpha value is -3.61. The summed E-state index contributed by atoms with van der Waals surface area (Å²) < 4.78 is 33.9. The number of fused-ring (bicyclic) bond motifs is 3. The third kappa shape index (κ3) is 4.88. The van der Waals surface area contributed by atoms with Crippen LogP contribution in [0.3, 0.4) is 0 Å². The highest BCUT2D eigenvalue weighted by Crippen LogP contribution is 2.49. The lowest BCUT2D eigenvalue weighted by Gasteiger charge is -2.31. The van der Waals surface area contributed by atoms with Crippen molar-refractivity contribution in [1.82, 2.24) is 25.2 Å². The van der Waals surface area contributed by atoms with E-state index >= 15 is 4.39 Å². The van der Waals surface area contributed by atoms with Crippen molar-refractivity contribution in [3.05, 3.63) is 34.7 Å². The maximum absolute atomic E-state index is 16.8. The van der Waals surface area contributed by atoms with E-state index in [2.05, 4.69) is 20.2 Å². The van der Waals surface area contributed by atoms with Gasteiger partial charge in [-0.05, 0) is 75.2 Å². The third-order valence-electron chi connectivity index (χ3n) is 10.2. The van der Waals surface area contributed by atoms with Gasteiger partial charge in [0.15, 0.2) is 12.6 Å². The largest absolute Gasteiger partial charge is 0.467 e. The fourth-order valence-electron chi connectivity index (χ4n) is 7.78. The maximum atomic E-state index is 16.8. The molecule has 45 heavy (non-hydrogen) atoms. The Morgan fingerprint density at radius 2 is 1.80 bits per heavy atom. The van der Waals surface area contributed by atoms with Crippen molar-refractivity contribution < 1.29 is 28.2 Å². The number of ether oxygens (including phenoxy) is 3.